The normalized spacial score (nSPS) is 17.2. The molecule has 1 saturated heterocycles. The van der Waals surface area contributed by atoms with Gasteiger partial charge < -0.3 is 14.5 Å². The van der Waals surface area contributed by atoms with Crippen LogP contribution in [0.2, 0.25) is 0 Å². The first-order valence-corrected chi connectivity index (χ1v) is 10.0. The van der Waals surface area contributed by atoms with Gasteiger partial charge in [0.25, 0.3) is 11.8 Å². The van der Waals surface area contributed by atoms with Crippen LogP contribution in [0.4, 0.5) is 0 Å². The second-order valence-corrected chi connectivity index (χ2v) is 7.50. The summed E-state index contributed by atoms with van der Waals surface area (Å²) in [5.74, 6) is 1.01. The highest BCUT2D eigenvalue weighted by Gasteiger charge is 2.24. The molecule has 0 spiro atoms. The van der Waals surface area contributed by atoms with Crippen LogP contribution in [0, 0.1) is 0 Å². The molecule has 1 aromatic heterocycles. The summed E-state index contributed by atoms with van der Waals surface area (Å²) in [4.78, 5) is 29.2. The average molecular weight is 370 g/mol. The van der Waals surface area contributed by atoms with Crippen molar-refractivity contribution in [3.8, 4) is 5.75 Å². The molecule has 0 bridgehead atoms. The minimum Gasteiger partial charge on any atom is -0.493 e. The van der Waals surface area contributed by atoms with E-state index >= 15 is 0 Å². The Balaban J connectivity index is 1.44. The highest BCUT2D eigenvalue weighted by molar-refractivity contribution is 7.08. The highest BCUT2D eigenvalue weighted by Crippen LogP contribution is 2.26. The lowest BCUT2D eigenvalue weighted by atomic mass is 10.0. The first-order chi connectivity index (χ1) is 12.7. The molecule has 0 aliphatic carbocycles. The van der Waals surface area contributed by atoms with Crippen LogP contribution in [-0.4, -0.2) is 54.4 Å². The van der Waals surface area contributed by atoms with Gasteiger partial charge in [0.05, 0.1) is 12.2 Å². The molecule has 0 atom stereocenters. The number of nitrogens with zero attached hydrogens (tertiary/aromatic N) is 2. The third-order valence-corrected chi connectivity index (χ3v) is 5.68. The molecule has 0 saturated carbocycles. The van der Waals surface area contributed by atoms with Crippen LogP contribution in [0.15, 0.2) is 35.0 Å². The van der Waals surface area contributed by atoms with Gasteiger partial charge in [-0.25, -0.2) is 0 Å². The maximum Gasteiger partial charge on any atom is 0.254 e. The Morgan fingerprint density at radius 1 is 0.923 bits per heavy atom. The molecule has 6 heteroatoms. The van der Waals surface area contributed by atoms with Crippen molar-refractivity contribution in [2.75, 3.05) is 32.8 Å². The van der Waals surface area contributed by atoms with Crippen LogP contribution < -0.4 is 4.74 Å². The van der Waals surface area contributed by atoms with Crippen LogP contribution in [-0.2, 0) is 6.42 Å². The summed E-state index contributed by atoms with van der Waals surface area (Å²) < 4.78 is 5.63. The lowest BCUT2D eigenvalue weighted by Gasteiger charge is -2.23. The van der Waals surface area contributed by atoms with Gasteiger partial charge in [0, 0.05) is 37.1 Å². The Labute approximate surface area is 157 Å². The van der Waals surface area contributed by atoms with Crippen molar-refractivity contribution >= 4 is 23.2 Å². The maximum atomic E-state index is 12.9. The number of carbonyl (C=O) groups is 2. The first-order valence-electron chi connectivity index (χ1n) is 9.09. The van der Waals surface area contributed by atoms with Crippen LogP contribution in [0.5, 0.6) is 5.75 Å². The molecular weight excluding hydrogens is 348 g/mol. The van der Waals surface area contributed by atoms with E-state index in [0.29, 0.717) is 31.7 Å². The molecule has 0 N–H and O–H groups in total. The fourth-order valence-corrected chi connectivity index (χ4v) is 4.20. The van der Waals surface area contributed by atoms with Crippen molar-refractivity contribution in [1.82, 2.24) is 9.80 Å². The number of aryl methyl sites for hydroxylation is 1. The quantitative estimate of drug-likeness (QED) is 0.816. The molecular formula is C20H22N2O3S. The Morgan fingerprint density at radius 2 is 1.69 bits per heavy atom. The van der Waals surface area contributed by atoms with Crippen molar-refractivity contribution in [3.63, 3.8) is 0 Å². The summed E-state index contributed by atoms with van der Waals surface area (Å²) in [7, 11) is 0. The van der Waals surface area contributed by atoms with Crippen molar-refractivity contribution in [1.29, 1.82) is 0 Å². The van der Waals surface area contributed by atoms with Crippen molar-refractivity contribution < 1.29 is 14.3 Å². The molecule has 26 heavy (non-hydrogen) atoms. The minimum atomic E-state index is 0.0446. The SMILES string of the molecule is O=C(c1ccsc1)N1CCCN(C(=O)c2ccc3c(c2)CCCO3)CC1. The Hall–Kier alpha value is -2.34. The molecule has 5 nitrogen and oxygen atoms in total. The molecule has 0 unspecified atom stereocenters. The number of hydrogen-bond acceptors (Lipinski definition) is 4. The predicted molar refractivity (Wildman–Crippen MR) is 101 cm³/mol. The van der Waals surface area contributed by atoms with Crippen molar-refractivity contribution in [2.24, 2.45) is 0 Å². The van der Waals surface area contributed by atoms with Gasteiger partial charge in [-0.15, -0.1) is 0 Å². The van der Waals surface area contributed by atoms with Gasteiger partial charge in [-0.3, -0.25) is 9.59 Å². The van der Waals surface area contributed by atoms with Crippen molar-refractivity contribution in [3.05, 3.63) is 51.7 Å². The second-order valence-electron chi connectivity index (χ2n) is 6.72. The minimum absolute atomic E-state index is 0.0446. The predicted octanol–water partition coefficient (Wildman–Crippen LogP) is 3.06. The molecule has 4 rings (SSSR count). The molecule has 2 aliphatic rings. The number of benzene rings is 1. The largest absolute Gasteiger partial charge is 0.493 e. The molecule has 136 valence electrons. The van der Waals surface area contributed by atoms with Crippen LogP contribution in [0.1, 0.15) is 39.1 Å². The van der Waals surface area contributed by atoms with E-state index < -0.39 is 0 Å². The van der Waals surface area contributed by atoms with Crippen molar-refractivity contribution in [2.45, 2.75) is 19.3 Å². The standard InChI is InChI=1S/C20H22N2O3S/c23-19(16-4-5-18-15(13-16)3-1-11-25-18)21-7-2-8-22(10-9-21)20(24)17-6-12-26-14-17/h4-6,12-14H,1-3,7-11H2. The molecule has 2 aromatic rings. The number of rotatable bonds is 2. The van der Waals surface area contributed by atoms with E-state index in [0.717, 1.165) is 42.7 Å². The van der Waals surface area contributed by atoms with Crippen LogP contribution >= 0.6 is 11.3 Å². The van der Waals surface area contributed by atoms with Gasteiger partial charge in [-0.2, -0.15) is 11.3 Å². The summed E-state index contributed by atoms with van der Waals surface area (Å²) in [5, 5.41) is 3.80. The summed E-state index contributed by atoms with van der Waals surface area (Å²) in [6.07, 6.45) is 2.75. The molecule has 2 amide bonds. The van der Waals surface area contributed by atoms with Gasteiger partial charge in [0.15, 0.2) is 0 Å². The van der Waals surface area contributed by atoms with Crippen LogP contribution in [0.25, 0.3) is 0 Å². The van der Waals surface area contributed by atoms with E-state index in [1.165, 1.54) is 11.3 Å². The van der Waals surface area contributed by atoms with E-state index in [9.17, 15) is 9.59 Å². The average Bonchev–Trinajstić information content (AvgIpc) is 3.11. The van der Waals surface area contributed by atoms with E-state index in [-0.39, 0.29) is 11.8 Å². The Bertz CT molecular complexity index is 803. The number of hydrogen-bond donors (Lipinski definition) is 0. The number of ether oxygens (including phenoxy) is 1. The third-order valence-electron chi connectivity index (χ3n) is 4.99. The Kier molecular flexibility index (Phi) is 4.93. The van der Waals surface area contributed by atoms with E-state index in [1.807, 2.05) is 44.8 Å². The first kappa shape index (κ1) is 17.1. The summed E-state index contributed by atoms with van der Waals surface area (Å²) in [5.41, 5.74) is 2.57. The molecule has 0 radical (unpaired) electrons. The van der Waals surface area contributed by atoms with E-state index in [1.54, 1.807) is 0 Å². The van der Waals surface area contributed by atoms with E-state index in [4.69, 9.17) is 4.74 Å². The van der Waals surface area contributed by atoms with Gasteiger partial charge in [-0.1, -0.05) is 0 Å². The number of carbonyl (C=O) groups excluding carboxylic acids is 2. The number of fused-ring (bicyclic) bond motifs is 1. The van der Waals surface area contributed by atoms with Crippen LogP contribution in [0.3, 0.4) is 0 Å². The van der Waals surface area contributed by atoms with Gasteiger partial charge in [-0.05, 0) is 54.5 Å². The van der Waals surface area contributed by atoms with Gasteiger partial charge in [0.2, 0.25) is 0 Å². The smallest absolute Gasteiger partial charge is 0.254 e. The summed E-state index contributed by atoms with van der Waals surface area (Å²) in [6, 6.07) is 7.59. The Morgan fingerprint density at radius 3 is 2.42 bits per heavy atom. The molecule has 1 fully saturated rings. The molecule has 2 aliphatic heterocycles. The number of amides is 2. The maximum absolute atomic E-state index is 12.9. The highest BCUT2D eigenvalue weighted by atomic mass is 32.1. The molecule has 1 aromatic carbocycles. The van der Waals surface area contributed by atoms with Gasteiger partial charge >= 0.3 is 0 Å². The topological polar surface area (TPSA) is 49.9 Å². The zero-order chi connectivity index (χ0) is 17.9. The molecule has 3 heterocycles. The fourth-order valence-electron chi connectivity index (χ4n) is 3.57. The van der Waals surface area contributed by atoms with E-state index in [2.05, 4.69) is 0 Å². The zero-order valence-corrected chi connectivity index (χ0v) is 15.5. The monoisotopic (exact) mass is 370 g/mol. The zero-order valence-electron chi connectivity index (χ0n) is 14.6. The lowest BCUT2D eigenvalue weighted by molar-refractivity contribution is 0.0719. The van der Waals surface area contributed by atoms with Gasteiger partial charge in [0.1, 0.15) is 5.75 Å². The fraction of sp³-hybridized carbons (Fsp3) is 0.400. The summed E-state index contributed by atoms with van der Waals surface area (Å²) in [6.45, 7) is 3.27. The number of thiophene rings is 1. The second kappa shape index (κ2) is 7.50. The lowest BCUT2D eigenvalue weighted by Crippen LogP contribution is -2.37. The summed E-state index contributed by atoms with van der Waals surface area (Å²) >= 11 is 1.53. The third kappa shape index (κ3) is 3.46.